The Bertz CT molecular complexity index is 1110. The van der Waals surface area contributed by atoms with Gasteiger partial charge in [-0.2, -0.15) is 0 Å². The fourth-order valence-corrected chi connectivity index (χ4v) is 8.35. The van der Waals surface area contributed by atoms with E-state index in [0.29, 0.717) is 44.5 Å². The van der Waals surface area contributed by atoms with Crippen molar-refractivity contribution in [2.24, 2.45) is 5.92 Å². The van der Waals surface area contributed by atoms with Crippen molar-refractivity contribution in [3.8, 4) is 0 Å². The molecule has 0 aromatic carbocycles. The fraction of sp³-hybridized carbons (Fsp3) is 0.865. The minimum absolute atomic E-state index is 0.0127. The van der Waals surface area contributed by atoms with Crippen molar-refractivity contribution in [1.29, 1.82) is 0 Å². The summed E-state index contributed by atoms with van der Waals surface area (Å²) in [4.78, 5) is 42.7. The number of H-pyrrole nitrogens is 1. The van der Waals surface area contributed by atoms with Crippen LogP contribution in [0.2, 0.25) is 0 Å². The summed E-state index contributed by atoms with van der Waals surface area (Å²) in [6.45, 7) is 12.7. The zero-order valence-corrected chi connectivity index (χ0v) is 40.3. The van der Waals surface area contributed by atoms with Gasteiger partial charge in [-0.15, -0.1) is 0 Å². The van der Waals surface area contributed by atoms with Gasteiger partial charge in [0.05, 0.1) is 18.3 Å². The Labute approximate surface area is 375 Å². The fourth-order valence-electron chi connectivity index (χ4n) is 8.35. The molecule has 1 heterocycles. The van der Waals surface area contributed by atoms with Crippen LogP contribution in [-0.2, 0) is 19.1 Å². The Morgan fingerprint density at radius 2 is 1.16 bits per heavy atom. The number of hydrogen-bond donors (Lipinski definition) is 3. The van der Waals surface area contributed by atoms with E-state index in [1.807, 2.05) is 0 Å². The van der Waals surface area contributed by atoms with Gasteiger partial charge in [0, 0.05) is 38.3 Å². The molecule has 9 nitrogen and oxygen atoms in total. The Balaban J connectivity index is 2.41. The predicted molar refractivity (Wildman–Crippen MR) is 255 cm³/mol. The summed E-state index contributed by atoms with van der Waals surface area (Å²) in [7, 11) is 0. The maximum atomic E-state index is 12.9. The number of nitrogens with zero attached hydrogens (tertiary/aromatic N) is 1. The number of carbonyl (C=O) groups excluding carboxylic acids is 3. The number of unbranched alkanes of at least 4 members (excludes halogenated alkanes) is 19. The first kappa shape index (κ1) is 56.6. The first-order valence-electron chi connectivity index (χ1n) is 25.9. The zero-order chi connectivity index (χ0) is 44.4. The number of aromatic amines is 1. The third-order valence-electron chi connectivity index (χ3n) is 12.2. The lowest BCUT2D eigenvalue weighted by atomic mass is 9.99. The van der Waals surface area contributed by atoms with Crippen LogP contribution in [0.3, 0.4) is 0 Å². The van der Waals surface area contributed by atoms with E-state index in [1.54, 1.807) is 18.5 Å². The first-order valence-corrected chi connectivity index (χ1v) is 25.9. The molecule has 1 aromatic heterocycles. The van der Waals surface area contributed by atoms with E-state index in [9.17, 15) is 19.5 Å². The molecule has 61 heavy (non-hydrogen) atoms. The molecule has 9 heteroatoms. The zero-order valence-electron chi connectivity index (χ0n) is 40.3. The topological polar surface area (TPSA) is 121 Å². The highest BCUT2D eigenvalue weighted by Gasteiger charge is 2.16. The molecule has 0 saturated heterocycles. The molecule has 0 aliphatic heterocycles. The van der Waals surface area contributed by atoms with Crippen LogP contribution in [0.25, 0.3) is 0 Å². The van der Waals surface area contributed by atoms with Gasteiger partial charge in [0.2, 0.25) is 0 Å². The van der Waals surface area contributed by atoms with Crippen LogP contribution >= 0.6 is 0 Å². The molecule has 0 aliphatic carbocycles. The maximum Gasteiger partial charge on any atom is 0.306 e. The molecular weight excluding hydrogens is 763 g/mol. The average Bonchev–Trinajstić information content (AvgIpc) is 3.79. The minimum atomic E-state index is -0.415. The molecule has 0 aliphatic rings. The van der Waals surface area contributed by atoms with E-state index in [2.05, 4.69) is 42.9 Å². The molecule has 0 fully saturated rings. The highest BCUT2D eigenvalue weighted by atomic mass is 16.5. The number of hydrogen-bond acceptors (Lipinski definition) is 7. The lowest BCUT2D eigenvalue weighted by molar-refractivity contribution is -0.150. The summed E-state index contributed by atoms with van der Waals surface area (Å²) in [5, 5.41) is 13.9. The van der Waals surface area contributed by atoms with Crippen LogP contribution < -0.4 is 5.32 Å². The van der Waals surface area contributed by atoms with Gasteiger partial charge in [-0.05, 0) is 102 Å². The molecule has 1 amide bonds. The Morgan fingerprint density at radius 3 is 1.79 bits per heavy atom. The second-order valence-corrected chi connectivity index (χ2v) is 18.3. The lowest BCUT2D eigenvalue weighted by Crippen LogP contribution is -2.34. The molecule has 356 valence electrons. The van der Waals surface area contributed by atoms with E-state index in [1.165, 1.54) is 89.9 Å². The van der Waals surface area contributed by atoms with Gasteiger partial charge in [0.25, 0.3) is 5.91 Å². The largest absolute Gasteiger partial charge is 0.466 e. The Hall–Kier alpha value is -2.39. The summed E-state index contributed by atoms with van der Waals surface area (Å²) in [5.41, 5.74) is 0.634. The van der Waals surface area contributed by atoms with Crippen LogP contribution in [0, 0.1) is 5.92 Å². The van der Waals surface area contributed by atoms with Gasteiger partial charge < -0.3 is 29.8 Å². The summed E-state index contributed by atoms with van der Waals surface area (Å²) in [6, 6.07) is 1.76. The highest BCUT2D eigenvalue weighted by Crippen LogP contribution is 2.19. The van der Waals surface area contributed by atoms with E-state index in [-0.39, 0.29) is 23.9 Å². The smallest absolute Gasteiger partial charge is 0.306 e. The van der Waals surface area contributed by atoms with Crippen LogP contribution in [0.5, 0.6) is 0 Å². The van der Waals surface area contributed by atoms with Crippen molar-refractivity contribution in [3.05, 3.63) is 24.0 Å². The van der Waals surface area contributed by atoms with E-state index < -0.39 is 6.10 Å². The third-order valence-corrected chi connectivity index (χ3v) is 12.2. The third kappa shape index (κ3) is 35.7. The molecule has 0 bridgehead atoms. The lowest BCUT2D eigenvalue weighted by Gasteiger charge is -2.25. The van der Waals surface area contributed by atoms with Gasteiger partial charge in [-0.1, -0.05) is 150 Å². The van der Waals surface area contributed by atoms with Crippen molar-refractivity contribution in [2.75, 3.05) is 32.8 Å². The Kier molecular flexibility index (Phi) is 38.6. The number of aliphatic hydroxyl groups excluding tert-OH is 1. The van der Waals surface area contributed by atoms with Gasteiger partial charge in [-0.3, -0.25) is 14.4 Å². The predicted octanol–water partition coefficient (Wildman–Crippen LogP) is 13.4. The number of aromatic nitrogens is 1. The second-order valence-electron chi connectivity index (χ2n) is 18.3. The monoisotopic (exact) mass is 860 g/mol. The molecular formula is C52H97N3O6. The number of ether oxygens (including phenoxy) is 2. The van der Waals surface area contributed by atoms with Crippen LogP contribution in [-0.4, -0.2) is 77.8 Å². The van der Waals surface area contributed by atoms with Crippen LogP contribution in [0.1, 0.15) is 250 Å². The number of carbonyl (C=O) groups is 3. The molecule has 1 rings (SSSR count). The number of rotatable bonds is 45. The molecule has 1 aromatic rings. The standard InChI is InChI=1S/C52H97N3O6/c1-5-8-10-12-15-22-34-49(35-23-16-13-11-9-6-2)61-51(58)37-24-17-14-18-28-41-55(45-48(56)33-26-27-39-54-52(59)47-38-40-53-44-47)42-29-19-25-36-50(57)60-43-30-20-21-32-46(4)31-7-3/h38,40,44,46,48-49,53,56H,5-37,39,41-43,45H2,1-4H3,(H,54,59). The molecule has 0 spiro atoms. The SMILES string of the molecule is CCCCCCCCC(CCCCCCCC)OC(=O)CCCCCCCN(CCCCCC(=O)OCCCCCC(C)CCC)CC(O)CCCCNC(=O)c1cc[nH]c1. The summed E-state index contributed by atoms with van der Waals surface area (Å²) in [6.07, 6.45) is 38.8. The second kappa shape index (κ2) is 41.6. The van der Waals surface area contributed by atoms with Crippen molar-refractivity contribution in [1.82, 2.24) is 15.2 Å². The van der Waals surface area contributed by atoms with E-state index >= 15 is 0 Å². The molecule has 0 saturated carbocycles. The summed E-state index contributed by atoms with van der Waals surface area (Å²) in [5.74, 6) is 0.626. The van der Waals surface area contributed by atoms with Gasteiger partial charge in [0.1, 0.15) is 6.10 Å². The van der Waals surface area contributed by atoms with E-state index in [0.717, 1.165) is 122 Å². The molecule has 3 N–H and O–H groups in total. The van der Waals surface area contributed by atoms with Gasteiger partial charge in [0.15, 0.2) is 0 Å². The minimum Gasteiger partial charge on any atom is -0.466 e. The average molecular weight is 860 g/mol. The quantitative estimate of drug-likeness (QED) is 0.0441. The number of aliphatic hydroxyl groups is 1. The van der Waals surface area contributed by atoms with Crippen LogP contribution in [0.15, 0.2) is 18.5 Å². The maximum absolute atomic E-state index is 12.9. The van der Waals surface area contributed by atoms with Gasteiger partial charge in [-0.25, -0.2) is 0 Å². The molecule has 0 radical (unpaired) electrons. The number of amides is 1. The van der Waals surface area contributed by atoms with Crippen molar-refractivity contribution < 1.29 is 29.0 Å². The van der Waals surface area contributed by atoms with E-state index in [4.69, 9.17) is 9.47 Å². The highest BCUT2D eigenvalue weighted by molar-refractivity contribution is 5.93. The molecule has 2 atom stereocenters. The van der Waals surface area contributed by atoms with Crippen LogP contribution in [0.4, 0.5) is 0 Å². The Morgan fingerprint density at radius 1 is 0.623 bits per heavy atom. The summed E-state index contributed by atoms with van der Waals surface area (Å²) < 4.78 is 11.6. The first-order chi connectivity index (χ1) is 29.8. The van der Waals surface area contributed by atoms with Crippen molar-refractivity contribution in [3.63, 3.8) is 0 Å². The normalized spacial score (nSPS) is 12.6. The number of esters is 2. The molecule has 2 unspecified atom stereocenters. The van der Waals surface area contributed by atoms with Gasteiger partial charge >= 0.3 is 11.9 Å². The number of nitrogens with one attached hydrogen (secondary N) is 2. The van der Waals surface area contributed by atoms with Crippen molar-refractivity contribution >= 4 is 17.8 Å². The van der Waals surface area contributed by atoms with Crippen molar-refractivity contribution in [2.45, 2.75) is 252 Å². The summed E-state index contributed by atoms with van der Waals surface area (Å²) >= 11 is 0.